The van der Waals surface area contributed by atoms with Crippen molar-refractivity contribution in [2.75, 3.05) is 4.90 Å². The van der Waals surface area contributed by atoms with E-state index in [9.17, 15) is 9.90 Å². The molecule has 100 valence electrons. The van der Waals surface area contributed by atoms with Gasteiger partial charge in [-0.3, -0.25) is 4.90 Å². The minimum Gasteiger partial charge on any atom is -0.465 e. The number of benzene rings is 1. The van der Waals surface area contributed by atoms with E-state index >= 15 is 0 Å². The first kappa shape index (κ1) is 11.3. The molecule has 3 aliphatic carbocycles. The van der Waals surface area contributed by atoms with Gasteiger partial charge in [-0.2, -0.15) is 0 Å². The SMILES string of the molecule is O=C(O)N(c1c2c(cc3c1CCC3)CCC2)C1CC1. The number of anilines is 1. The summed E-state index contributed by atoms with van der Waals surface area (Å²) in [6.07, 6.45) is 8.07. The van der Waals surface area contributed by atoms with Crippen molar-refractivity contribution >= 4 is 11.8 Å². The maximum atomic E-state index is 11.7. The van der Waals surface area contributed by atoms with Gasteiger partial charge in [-0.05, 0) is 73.6 Å². The van der Waals surface area contributed by atoms with Crippen molar-refractivity contribution in [3.8, 4) is 0 Å². The van der Waals surface area contributed by atoms with Crippen LogP contribution in [0.1, 0.15) is 47.9 Å². The molecule has 3 heteroatoms. The summed E-state index contributed by atoms with van der Waals surface area (Å²) >= 11 is 0. The first-order valence-corrected chi connectivity index (χ1v) is 7.44. The van der Waals surface area contributed by atoms with Crippen molar-refractivity contribution in [1.29, 1.82) is 0 Å². The predicted octanol–water partition coefficient (Wildman–Crippen LogP) is 3.31. The van der Waals surface area contributed by atoms with E-state index in [2.05, 4.69) is 6.07 Å². The second-order valence-corrected chi connectivity index (χ2v) is 6.09. The lowest BCUT2D eigenvalue weighted by atomic mass is 9.98. The van der Waals surface area contributed by atoms with E-state index in [1.165, 1.54) is 35.1 Å². The zero-order chi connectivity index (χ0) is 13.0. The van der Waals surface area contributed by atoms with Crippen LogP contribution in [0.25, 0.3) is 0 Å². The van der Waals surface area contributed by atoms with Gasteiger partial charge in [0.2, 0.25) is 0 Å². The highest BCUT2D eigenvalue weighted by Gasteiger charge is 2.38. The third kappa shape index (κ3) is 1.67. The number of fused-ring (bicyclic) bond motifs is 2. The Hall–Kier alpha value is -1.51. The number of amides is 1. The molecule has 1 amide bonds. The lowest BCUT2D eigenvalue weighted by Crippen LogP contribution is -2.33. The maximum absolute atomic E-state index is 11.7. The number of hydrogen-bond donors (Lipinski definition) is 1. The van der Waals surface area contributed by atoms with Gasteiger partial charge >= 0.3 is 6.09 Å². The third-order valence-corrected chi connectivity index (χ3v) is 4.80. The van der Waals surface area contributed by atoms with Crippen LogP contribution in [0.2, 0.25) is 0 Å². The van der Waals surface area contributed by atoms with Crippen molar-refractivity contribution < 1.29 is 9.90 Å². The van der Waals surface area contributed by atoms with Gasteiger partial charge in [0.25, 0.3) is 0 Å². The number of hydrogen-bond acceptors (Lipinski definition) is 1. The minimum absolute atomic E-state index is 0.245. The Morgan fingerprint density at radius 2 is 1.63 bits per heavy atom. The van der Waals surface area contributed by atoms with Crippen LogP contribution in [-0.2, 0) is 25.7 Å². The molecule has 1 fully saturated rings. The van der Waals surface area contributed by atoms with Gasteiger partial charge in [0.05, 0.1) is 5.69 Å². The van der Waals surface area contributed by atoms with Crippen LogP contribution < -0.4 is 4.90 Å². The molecule has 0 radical (unpaired) electrons. The van der Waals surface area contributed by atoms with Gasteiger partial charge in [-0.15, -0.1) is 0 Å². The molecule has 1 saturated carbocycles. The molecular weight excluding hydrogens is 238 g/mol. The molecule has 3 nitrogen and oxygen atoms in total. The normalized spacial score (nSPS) is 20.2. The molecule has 19 heavy (non-hydrogen) atoms. The van der Waals surface area contributed by atoms with E-state index < -0.39 is 6.09 Å². The van der Waals surface area contributed by atoms with Gasteiger partial charge < -0.3 is 5.11 Å². The standard InChI is InChI=1S/C16H19NO2/c18-16(19)17(12-7-8-12)15-13-5-1-3-10(13)9-11-4-2-6-14(11)15/h9,12H,1-8H2,(H,18,19). The zero-order valence-corrected chi connectivity index (χ0v) is 11.1. The molecule has 4 rings (SSSR count). The summed E-state index contributed by atoms with van der Waals surface area (Å²) in [5, 5.41) is 9.63. The fourth-order valence-electron chi connectivity index (χ4n) is 3.84. The highest BCUT2D eigenvalue weighted by molar-refractivity contribution is 5.91. The molecule has 0 bridgehead atoms. The molecule has 0 atom stereocenters. The quantitative estimate of drug-likeness (QED) is 0.883. The van der Waals surface area contributed by atoms with Gasteiger partial charge in [0.15, 0.2) is 0 Å². The van der Waals surface area contributed by atoms with E-state index in [4.69, 9.17) is 0 Å². The smallest absolute Gasteiger partial charge is 0.412 e. The molecular formula is C16H19NO2. The van der Waals surface area contributed by atoms with E-state index in [0.717, 1.165) is 44.2 Å². The molecule has 1 aromatic carbocycles. The Labute approximate surface area is 113 Å². The van der Waals surface area contributed by atoms with Crippen molar-refractivity contribution in [3.63, 3.8) is 0 Å². The van der Waals surface area contributed by atoms with Crippen LogP contribution in [0.4, 0.5) is 10.5 Å². The highest BCUT2D eigenvalue weighted by atomic mass is 16.4. The van der Waals surface area contributed by atoms with E-state index in [1.807, 2.05) is 0 Å². The van der Waals surface area contributed by atoms with Gasteiger partial charge in [0.1, 0.15) is 0 Å². The topological polar surface area (TPSA) is 40.5 Å². The average molecular weight is 257 g/mol. The molecule has 0 unspecified atom stereocenters. The van der Waals surface area contributed by atoms with Crippen molar-refractivity contribution in [1.82, 2.24) is 0 Å². The monoisotopic (exact) mass is 257 g/mol. The fraction of sp³-hybridized carbons (Fsp3) is 0.562. The van der Waals surface area contributed by atoms with Crippen LogP contribution >= 0.6 is 0 Å². The number of aryl methyl sites for hydroxylation is 2. The molecule has 3 aliphatic rings. The summed E-state index contributed by atoms with van der Waals surface area (Å²) in [5.74, 6) is 0. The maximum Gasteiger partial charge on any atom is 0.412 e. The summed E-state index contributed by atoms with van der Waals surface area (Å²) in [6, 6.07) is 2.61. The summed E-state index contributed by atoms with van der Waals surface area (Å²) in [5.41, 5.74) is 6.62. The second kappa shape index (κ2) is 3.99. The average Bonchev–Trinajstić information content (AvgIpc) is 2.90. The summed E-state index contributed by atoms with van der Waals surface area (Å²) in [4.78, 5) is 13.4. The lowest BCUT2D eigenvalue weighted by molar-refractivity contribution is 0.201. The van der Waals surface area contributed by atoms with Gasteiger partial charge in [-0.25, -0.2) is 4.79 Å². The Kier molecular flexibility index (Phi) is 2.38. The van der Waals surface area contributed by atoms with Crippen LogP contribution in [0.5, 0.6) is 0 Å². The third-order valence-electron chi connectivity index (χ3n) is 4.80. The molecule has 0 spiro atoms. The molecule has 0 heterocycles. The molecule has 0 aromatic heterocycles. The highest BCUT2D eigenvalue weighted by Crippen LogP contribution is 2.44. The van der Waals surface area contributed by atoms with Crippen molar-refractivity contribution in [2.45, 2.75) is 57.4 Å². The summed E-state index contributed by atoms with van der Waals surface area (Å²) < 4.78 is 0. The van der Waals surface area contributed by atoms with Crippen molar-refractivity contribution in [2.24, 2.45) is 0 Å². The Bertz CT molecular complexity index is 528. The van der Waals surface area contributed by atoms with Crippen LogP contribution in [0.15, 0.2) is 6.07 Å². The summed E-state index contributed by atoms with van der Waals surface area (Å²) in [7, 11) is 0. The Morgan fingerprint density at radius 1 is 1.05 bits per heavy atom. The fourth-order valence-corrected chi connectivity index (χ4v) is 3.84. The number of carboxylic acid groups (broad SMARTS) is 1. The summed E-state index contributed by atoms with van der Waals surface area (Å²) in [6.45, 7) is 0. The Balaban J connectivity index is 1.92. The second-order valence-electron chi connectivity index (χ2n) is 6.09. The largest absolute Gasteiger partial charge is 0.465 e. The van der Waals surface area contributed by atoms with E-state index in [0.29, 0.717) is 0 Å². The minimum atomic E-state index is -0.753. The van der Waals surface area contributed by atoms with Gasteiger partial charge in [0, 0.05) is 6.04 Å². The first-order chi connectivity index (χ1) is 9.25. The molecule has 0 saturated heterocycles. The van der Waals surface area contributed by atoms with Crippen LogP contribution in [0, 0.1) is 0 Å². The predicted molar refractivity (Wildman–Crippen MR) is 74.0 cm³/mol. The molecule has 1 N–H and O–H groups in total. The van der Waals surface area contributed by atoms with Crippen LogP contribution in [-0.4, -0.2) is 17.2 Å². The number of carbonyl (C=O) groups is 1. The van der Waals surface area contributed by atoms with Crippen LogP contribution in [0.3, 0.4) is 0 Å². The van der Waals surface area contributed by atoms with E-state index in [1.54, 1.807) is 4.90 Å². The zero-order valence-electron chi connectivity index (χ0n) is 11.1. The lowest BCUT2D eigenvalue weighted by Gasteiger charge is -2.25. The number of rotatable bonds is 2. The first-order valence-electron chi connectivity index (χ1n) is 7.44. The van der Waals surface area contributed by atoms with Crippen molar-refractivity contribution in [3.05, 3.63) is 28.3 Å². The van der Waals surface area contributed by atoms with Gasteiger partial charge in [-0.1, -0.05) is 6.07 Å². The van der Waals surface area contributed by atoms with E-state index in [-0.39, 0.29) is 6.04 Å². The Morgan fingerprint density at radius 3 is 2.11 bits per heavy atom. The molecule has 0 aliphatic heterocycles. The number of nitrogens with zero attached hydrogens (tertiary/aromatic N) is 1. The molecule has 1 aromatic rings.